The van der Waals surface area contributed by atoms with E-state index in [1.54, 1.807) is 24.4 Å². The van der Waals surface area contributed by atoms with Gasteiger partial charge in [0.15, 0.2) is 11.5 Å². The summed E-state index contributed by atoms with van der Waals surface area (Å²) in [6, 6.07) is 16.0. The molecule has 0 atom stereocenters. The molecule has 3 aromatic rings. The molecule has 3 rings (SSSR count). The lowest BCUT2D eigenvalue weighted by molar-refractivity contribution is 0.264. The molecule has 0 bridgehead atoms. The quantitative estimate of drug-likeness (QED) is 0.244. The number of halogens is 3. The molecule has 0 saturated heterocycles. The van der Waals surface area contributed by atoms with Crippen molar-refractivity contribution in [1.82, 2.24) is 0 Å². The van der Waals surface area contributed by atoms with Gasteiger partial charge in [-0.25, -0.2) is 4.39 Å². The third-order valence-corrected chi connectivity index (χ3v) is 5.39. The van der Waals surface area contributed by atoms with Gasteiger partial charge in [0.05, 0.1) is 15.9 Å². The van der Waals surface area contributed by atoms with Gasteiger partial charge < -0.3 is 9.47 Å². The molecule has 0 spiro atoms. The van der Waals surface area contributed by atoms with Crippen LogP contribution in [0.4, 0.5) is 10.1 Å². The number of hydrogen-bond donors (Lipinski definition) is 0. The number of ether oxygens (including phenoxy) is 2. The molecule has 29 heavy (non-hydrogen) atoms. The summed E-state index contributed by atoms with van der Waals surface area (Å²) in [7, 11) is 0. The molecule has 0 aliphatic heterocycles. The first-order valence-electron chi connectivity index (χ1n) is 9.10. The molecule has 0 aliphatic rings. The highest BCUT2D eigenvalue weighted by Gasteiger charge is 2.13. The van der Waals surface area contributed by atoms with Crippen LogP contribution in [0.3, 0.4) is 0 Å². The van der Waals surface area contributed by atoms with Gasteiger partial charge in [0, 0.05) is 16.8 Å². The molecule has 3 aromatic carbocycles. The number of aryl methyl sites for hydroxylation is 1. The van der Waals surface area contributed by atoms with Gasteiger partial charge in [-0.2, -0.15) is 0 Å². The first-order chi connectivity index (χ1) is 14.0. The van der Waals surface area contributed by atoms with Crippen LogP contribution in [-0.4, -0.2) is 12.8 Å². The fraction of sp³-hybridized carbons (Fsp3) is 0.174. The molecule has 0 heterocycles. The zero-order valence-electron chi connectivity index (χ0n) is 16.1. The molecular formula is C23H20ClFINO2. The number of benzene rings is 3. The Bertz CT molecular complexity index is 1040. The normalized spacial score (nSPS) is 11.1. The van der Waals surface area contributed by atoms with Crippen molar-refractivity contribution >= 4 is 46.1 Å². The molecule has 6 heteroatoms. The van der Waals surface area contributed by atoms with Crippen molar-refractivity contribution < 1.29 is 13.9 Å². The summed E-state index contributed by atoms with van der Waals surface area (Å²) >= 11 is 8.35. The summed E-state index contributed by atoms with van der Waals surface area (Å²) < 4.78 is 26.4. The maximum atomic E-state index is 13.9. The lowest BCUT2D eigenvalue weighted by atomic mass is 10.2. The minimum absolute atomic E-state index is 0.123. The number of nitrogens with zero attached hydrogens (tertiary/aromatic N) is 1. The Hall–Kier alpha value is -2.12. The van der Waals surface area contributed by atoms with Crippen LogP contribution in [0.25, 0.3) is 0 Å². The van der Waals surface area contributed by atoms with Gasteiger partial charge in [0.2, 0.25) is 0 Å². The Balaban J connectivity index is 1.84. The van der Waals surface area contributed by atoms with Crippen LogP contribution < -0.4 is 9.47 Å². The minimum atomic E-state index is -0.291. The molecule has 0 fully saturated rings. The van der Waals surface area contributed by atoms with Gasteiger partial charge >= 0.3 is 0 Å². The standard InChI is InChI=1S/C23H20ClFINO2/c1-3-28-22-11-16(13-27-18-9-8-15(2)19(24)12-18)10-21(26)23(22)29-14-17-6-4-5-7-20(17)25/h4-13H,3,14H2,1-2H3. The van der Waals surface area contributed by atoms with Crippen molar-refractivity contribution in [2.45, 2.75) is 20.5 Å². The number of aliphatic imine (C=N–C) groups is 1. The average molecular weight is 524 g/mol. The van der Waals surface area contributed by atoms with Gasteiger partial charge in [0.1, 0.15) is 12.4 Å². The zero-order chi connectivity index (χ0) is 20.8. The van der Waals surface area contributed by atoms with E-state index in [9.17, 15) is 4.39 Å². The first kappa shape index (κ1) is 21.6. The van der Waals surface area contributed by atoms with Crippen LogP contribution in [0.15, 0.2) is 59.6 Å². The van der Waals surface area contributed by atoms with Crippen LogP contribution in [-0.2, 0) is 6.61 Å². The monoisotopic (exact) mass is 523 g/mol. The van der Waals surface area contributed by atoms with Gasteiger partial charge in [-0.15, -0.1) is 0 Å². The molecule has 0 saturated carbocycles. The number of hydrogen-bond acceptors (Lipinski definition) is 3. The second-order valence-electron chi connectivity index (χ2n) is 6.33. The van der Waals surface area contributed by atoms with E-state index in [0.717, 1.165) is 20.4 Å². The van der Waals surface area contributed by atoms with Crippen LogP contribution in [0, 0.1) is 16.3 Å². The third-order valence-electron chi connectivity index (χ3n) is 4.18. The van der Waals surface area contributed by atoms with E-state index in [2.05, 4.69) is 27.6 Å². The average Bonchev–Trinajstić information content (AvgIpc) is 2.70. The highest BCUT2D eigenvalue weighted by Crippen LogP contribution is 2.35. The van der Waals surface area contributed by atoms with Gasteiger partial charge in [-0.3, -0.25) is 4.99 Å². The molecule has 0 amide bonds. The molecule has 0 aromatic heterocycles. The second kappa shape index (κ2) is 10.1. The topological polar surface area (TPSA) is 30.8 Å². The minimum Gasteiger partial charge on any atom is -0.490 e. The summed E-state index contributed by atoms with van der Waals surface area (Å²) in [4.78, 5) is 4.50. The van der Waals surface area contributed by atoms with Crippen molar-refractivity contribution in [2.75, 3.05) is 6.61 Å². The van der Waals surface area contributed by atoms with Gasteiger partial charge in [-0.1, -0.05) is 35.9 Å². The molecule has 0 radical (unpaired) electrons. The van der Waals surface area contributed by atoms with Crippen molar-refractivity contribution in [3.8, 4) is 11.5 Å². The van der Waals surface area contributed by atoms with Gasteiger partial charge in [0.25, 0.3) is 0 Å². The highest BCUT2D eigenvalue weighted by atomic mass is 127. The van der Waals surface area contributed by atoms with Crippen molar-refractivity contribution in [3.63, 3.8) is 0 Å². The summed E-state index contributed by atoms with van der Waals surface area (Å²) in [6.45, 7) is 4.47. The molecule has 150 valence electrons. The Morgan fingerprint density at radius 3 is 2.62 bits per heavy atom. The molecular weight excluding hydrogens is 504 g/mol. The first-order valence-corrected chi connectivity index (χ1v) is 10.6. The van der Waals surface area contributed by atoms with Crippen LogP contribution in [0.5, 0.6) is 11.5 Å². The molecule has 3 nitrogen and oxygen atoms in total. The highest BCUT2D eigenvalue weighted by molar-refractivity contribution is 14.1. The van der Waals surface area contributed by atoms with Crippen molar-refractivity contribution in [2.24, 2.45) is 4.99 Å². The summed E-state index contributed by atoms with van der Waals surface area (Å²) in [5.74, 6) is 0.895. The molecule has 0 unspecified atom stereocenters. The van der Waals surface area contributed by atoms with Gasteiger partial charge in [-0.05, 0) is 77.9 Å². The van der Waals surface area contributed by atoms with E-state index < -0.39 is 0 Å². The lowest BCUT2D eigenvalue weighted by Crippen LogP contribution is -2.03. The maximum absolute atomic E-state index is 13.9. The van der Waals surface area contributed by atoms with Crippen molar-refractivity contribution in [3.05, 3.63) is 85.7 Å². The van der Waals surface area contributed by atoms with Crippen LogP contribution in [0.1, 0.15) is 23.6 Å². The van der Waals surface area contributed by atoms with E-state index in [1.165, 1.54) is 6.07 Å². The zero-order valence-corrected chi connectivity index (χ0v) is 19.0. The molecule has 0 N–H and O–H groups in total. The Kier molecular flexibility index (Phi) is 7.50. The fourth-order valence-electron chi connectivity index (χ4n) is 2.64. The smallest absolute Gasteiger partial charge is 0.175 e. The Morgan fingerprint density at radius 2 is 1.90 bits per heavy atom. The van der Waals surface area contributed by atoms with E-state index in [4.69, 9.17) is 21.1 Å². The number of rotatable bonds is 7. The molecule has 0 aliphatic carbocycles. The fourth-order valence-corrected chi connectivity index (χ4v) is 3.60. The summed E-state index contributed by atoms with van der Waals surface area (Å²) in [6.07, 6.45) is 1.76. The summed E-state index contributed by atoms with van der Waals surface area (Å²) in [5, 5.41) is 0.682. The van der Waals surface area contributed by atoms with E-state index in [0.29, 0.717) is 28.7 Å². The lowest BCUT2D eigenvalue weighted by Gasteiger charge is -2.15. The second-order valence-corrected chi connectivity index (χ2v) is 7.90. The Morgan fingerprint density at radius 1 is 1.10 bits per heavy atom. The third kappa shape index (κ3) is 5.70. The largest absolute Gasteiger partial charge is 0.490 e. The predicted molar refractivity (Wildman–Crippen MR) is 125 cm³/mol. The van der Waals surface area contributed by atoms with Crippen molar-refractivity contribution in [1.29, 1.82) is 0 Å². The van der Waals surface area contributed by atoms with E-state index >= 15 is 0 Å². The predicted octanol–water partition coefficient (Wildman–Crippen LogP) is 7.12. The summed E-state index contributed by atoms with van der Waals surface area (Å²) in [5.41, 5.74) is 3.14. The van der Waals surface area contributed by atoms with E-state index in [-0.39, 0.29) is 12.4 Å². The Labute approximate surface area is 188 Å². The van der Waals surface area contributed by atoms with Crippen LogP contribution in [0.2, 0.25) is 5.02 Å². The van der Waals surface area contributed by atoms with Crippen LogP contribution >= 0.6 is 34.2 Å². The SMILES string of the molecule is CCOc1cc(C=Nc2ccc(C)c(Cl)c2)cc(I)c1OCc1ccccc1F. The maximum Gasteiger partial charge on any atom is 0.175 e. The van der Waals surface area contributed by atoms with E-state index in [1.807, 2.05) is 44.2 Å².